The second-order valence-electron chi connectivity index (χ2n) is 5.75. The number of rotatable bonds is 4. The molecule has 1 amide bonds. The number of nitrogens with one attached hydrogen (secondary N) is 1. The monoisotopic (exact) mass is 289 g/mol. The Morgan fingerprint density at radius 2 is 1.95 bits per heavy atom. The van der Waals surface area contributed by atoms with Crippen molar-refractivity contribution in [1.82, 2.24) is 9.62 Å². The Kier molecular flexibility index (Phi) is 4.17. The van der Waals surface area contributed by atoms with Crippen molar-refractivity contribution in [2.24, 2.45) is 11.1 Å². The van der Waals surface area contributed by atoms with E-state index in [0.29, 0.717) is 32.5 Å². The molecular formula is C12H23N3O3S. The molecule has 0 radical (unpaired) electrons. The zero-order valence-electron chi connectivity index (χ0n) is 11.4. The van der Waals surface area contributed by atoms with Crippen LogP contribution in [-0.4, -0.2) is 50.6 Å². The number of amides is 1. The molecule has 6 nitrogen and oxygen atoms in total. The first-order valence-corrected chi connectivity index (χ1v) is 8.68. The Morgan fingerprint density at radius 1 is 1.37 bits per heavy atom. The van der Waals surface area contributed by atoms with E-state index < -0.39 is 10.0 Å². The summed E-state index contributed by atoms with van der Waals surface area (Å²) in [7, 11) is -3.10. The largest absolute Gasteiger partial charge is 0.353 e. The third-order valence-electron chi connectivity index (χ3n) is 4.44. The van der Waals surface area contributed by atoms with Crippen molar-refractivity contribution in [2.75, 3.05) is 25.9 Å². The molecule has 110 valence electrons. The maximum Gasteiger partial charge on any atom is 0.227 e. The van der Waals surface area contributed by atoms with Crippen LogP contribution in [0.4, 0.5) is 0 Å². The molecular weight excluding hydrogens is 266 g/mol. The molecule has 7 heteroatoms. The highest BCUT2D eigenvalue weighted by molar-refractivity contribution is 7.88. The molecule has 1 aliphatic heterocycles. The summed E-state index contributed by atoms with van der Waals surface area (Å²) in [4.78, 5) is 12.2. The quantitative estimate of drug-likeness (QED) is 0.740. The normalized spacial score (nSPS) is 24.7. The standard InChI is InChI=1S/C12H23N3O3S/c1-19(17,18)15-7-3-10(4-8-15)14-11(16)12(9-13)5-2-6-12/h10H,2-9,13H2,1H3,(H,14,16). The number of hydrogen-bond acceptors (Lipinski definition) is 4. The summed E-state index contributed by atoms with van der Waals surface area (Å²) in [6.07, 6.45) is 5.40. The van der Waals surface area contributed by atoms with Crippen molar-refractivity contribution in [1.29, 1.82) is 0 Å². The molecule has 0 unspecified atom stereocenters. The first-order chi connectivity index (χ1) is 8.87. The van der Waals surface area contributed by atoms with Gasteiger partial charge in [-0.3, -0.25) is 4.79 Å². The summed E-state index contributed by atoms with van der Waals surface area (Å²) in [5.41, 5.74) is 5.35. The molecule has 1 aliphatic carbocycles. The lowest BCUT2D eigenvalue weighted by molar-refractivity contribution is -0.136. The van der Waals surface area contributed by atoms with Crippen LogP contribution in [0.25, 0.3) is 0 Å². The lowest BCUT2D eigenvalue weighted by atomic mass is 9.68. The van der Waals surface area contributed by atoms with E-state index >= 15 is 0 Å². The molecule has 19 heavy (non-hydrogen) atoms. The smallest absolute Gasteiger partial charge is 0.227 e. The van der Waals surface area contributed by atoms with Crippen LogP contribution in [0, 0.1) is 5.41 Å². The van der Waals surface area contributed by atoms with Crippen LogP contribution in [0.3, 0.4) is 0 Å². The molecule has 1 saturated heterocycles. The van der Waals surface area contributed by atoms with Crippen LogP contribution >= 0.6 is 0 Å². The van der Waals surface area contributed by atoms with E-state index in [1.807, 2.05) is 0 Å². The van der Waals surface area contributed by atoms with E-state index in [4.69, 9.17) is 5.73 Å². The maximum absolute atomic E-state index is 12.2. The number of sulfonamides is 1. The van der Waals surface area contributed by atoms with Gasteiger partial charge in [-0.15, -0.1) is 0 Å². The molecule has 2 fully saturated rings. The Morgan fingerprint density at radius 3 is 2.32 bits per heavy atom. The average Bonchev–Trinajstić information content (AvgIpc) is 2.27. The van der Waals surface area contributed by atoms with Crippen LogP contribution in [-0.2, 0) is 14.8 Å². The summed E-state index contributed by atoms with van der Waals surface area (Å²) in [6, 6.07) is 0.0783. The summed E-state index contributed by atoms with van der Waals surface area (Å²) in [5, 5.41) is 3.04. The third-order valence-corrected chi connectivity index (χ3v) is 5.74. The van der Waals surface area contributed by atoms with Crippen LogP contribution in [0.1, 0.15) is 32.1 Å². The van der Waals surface area contributed by atoms with Gasteiger partial charge in [-0.2, -0.15) is 0 Å². The van der Waals surface area contributed by atoms with Crippen LogP contribution in [0.5, 0.6) is 0 Å². The number of carbonyl (C=O) groups is 1. The van der Waals surface area contributed by atoms with Crippen molar-refractivity contribution in [3.05, 3.63) is 0 Å². The Labute approximate surface area is 114 Å². The van der Waals surface area contributed by atoms with Crippen molar-refractivity contribution in [2.45, 2.75) is 38.1 Å². The molecule has 2 aliphatic rings. The highest BCUT2D eigenvalue weighted by atomic mass is 32.2. The summed E-state index contributed by atoms with van der Waals surface area (Å²) < 4.78 is 24.3. The van der Waals surface area contributed by atoms with Gasteiger partial charge in [-0.1, -0.05) is 6.42 Å². The van der Waals surface area contributed by atoms with Gasteiger partial charge in [0.15, 0.2) is 0 Å². The van der Waals surface area contributed by atoms with E-state index in [9.17, 15) is 13.2 Å². The van der Waals surface area contributed by atoms with E-state index in [1.54, 1.807) is 0 Å². The van der Waals surface area contributed by atoms with E-state index in [1.165, 1.54) is 10.6 Å². The molecule has 3 N–H and O–H groups in total. The zero-order chi connectivity index (χ0) is 14.1. The fraction of sp³-hybridized carbons (Fsp3) is 0.917. The van der Waals surface area contributed by atoms with Gasteiger partial charge in [0.2, 0.25) is 15.9 Å². The number of carbonyl (C=O) groups excluding carboxylic acids is 1. The summed E-state index contributed by atoms with van der Waals surface area (Å²) in [5.74, 6) is 0.0547. The Balaban J connectivity index is 1.84. The minimum Gasteiger partial charge on any atom is -0.353 e. The molecule has 0 spiro atoms. The number of piperidine rings is 1. The van der Waals surface area contributed by atoms with Gasteiger partial charge in [0.25, 0.3) is 0 Å². The van der Waals surface area contributed by atoms with Crippen molar-refractivity contribution in [3.8, 4) is 0 Å². The fourth-order valence-corrected chi connectivity index (χ4v) is 3.67. The molecule has 1 saturated carbocycles. The minimum atomic E-state index is -3.10. The van der Waals surface area contributed by atoms with E-state index in [0.717, 1.165) is 19.3 Å². The maximum atomic E-state index is 12.2. The van der Waals surface area contributed by atoms with Gasteiger partial charge in [0.1, 0.15) is 0 Å². The number of hydrogen-bond donors (Lipinski definition) is 2. The van der Waals surface area contributed by atoms with Gasteiger partial charge in [-0.25, -0.2) is 12.7 Å². The van der Waals surface area contributed by atoms with Gasteiger partial charge in [0, 0.05) is 25.7 Å². The van der Waals surface area contributed by atoms with Gasteiger partial charge in [-0.05, 0) is 25.7 Å². The summed E-state index contributed by atoms with van der Waals surface area (Å²) in [6.45, 7) is 1.37. The van der Waals surface area contributed by atoms with E-state index in [-0.39, 0.29) is 17.4 Å². The molecule has 0 aromatic rings. The lowest BCUT2D eigenvalue weighted by Gasteiger charge is -2.41. The van der Waals surface area contributed by atoms with Crippen LogP contribution in [0.2, 0.25) is 0 Å². The van der Waals surface area contributed by atoms with E-state index in [2.05, 4.69) is 5.32 Å². The molecule has 1 heterocycles. The average molecular weight is 289 g/mol. The van der Waals surface area contributed by atoms with Crippen molar-refractivity contribution in [3.63, 3.8) is 0 Å². The lowest BCUT2D eigenvalue weighted by Crippen LogP contribution is -2.54. The summed E-state index contributed by atoms with van der Waals surface area (Å²) >= 11 is 0. The van der Waals surface area contributed by atoms with Crippen molar-refractivity contribution < 1.29 is 13.2 Å². The number of nitrogens with two attached hydrogens (primary N) is 1. The van der Waals surface area contributed by atoms with Crippen LogP contribution in [0.15, 0.2) is 0 Å². The highest BCUT2D eigenvalue weighted by Gasteiger charge is 2.43. The first-order valence-electron chi connectivity index (χ1n) is 6.83. The van der Waals surface area contributed by atoms with Crippen LogP contribution < -0.4 is 11.1 Å². The van der Waals surface area contributed by atoms with Gasteiger partial charge >= 0.3 is 0 Å². The highest BCUT2D eigenvalue weighted by Crippen LogP contribution is 2.40. The SMILES string of the molecule is CS(=O)(=O)N1CCC(NC(=O)C2(CN)CCC2)CC1. The third kappa shape index (κ3) is 3.09. The molecule has 2 rings (SSSR count). The fourth-order valence-electron chi connectivity index (χ4n) is 2.80. The second kappa shape index (κ2) is 5.38. The topological polar surface area (TPSA) is 92.5 Å². The first kappa shape index (κ1) is 14.7. The Bertz CT molecular complexity index is 432. The van der Waals surface area contributed by atoms with Gasteiger partial charge in [0.05, 0.1) is 11.7 Å². The van der Waals surface area contributed by atoms with Crippen molar-refractivity contribution >= 4 is 15.9 Å². The van der Waals surface area contributed by atoms with Gasteiger partial charge < -0.3 is 11.1 Å². The Hall–Kier alpha value is -0.660. The molecule has 0 aromatic heterocycles. The minimum absolute atomic E-state index is 0.0547. The molecule has 0 bridgehead atoms. The number of nitrogens with zero attached hydrogens (tertiary/aromatic N) is 1. The second-order valence-corrected chi connectivity index (χ2v) is 7.73. The predicted molar refractivity (Wildman–Crippen MR) is 72.9 cm³/mol. The zero-order valence-corrected chi connectivity index (χ0v) is 12.2. The molecule has 0 aromatic carbocycles. The molecule has 0 atom stereocenters. The predicted octanol–water partition coefficient (Wildman–Crippen LogP) is -0.344.